The second-order valence-corrected chi connectivity index (χ2v) is 7.30. The Balaban J connectivity index is 1.58. The maximum absolute atomic E-state index is 12.6. The molecule has 0 radical (unpaired) electrons. The number of nitrogens with zero attached hydrogens (tertiary/aromatic N) is 2. The van der Waals surface area contributed by atoms with Gasteiger partial charge in [0.05, 0.1) is 6.57 Å². The molecule has 0 bridgehead atoms. The lowest BCUT2D eigenvalue weighted by Gasteiger charge is -2.46. The Morgan fingerprint density at radius 2 is 1.78 bits per heavy atom. The number of carbonyl (C=O) groups excluding carboxylic acids is 1. The third-order valence-corrected chi connectivity index (χ3v) is 6.10. The maximum Gasteiger partial charge on any atom is 0.253 e. The van der Waals surface area contributed by atoms with Gasteiger partial charge < -0.3 is 4.90 Å². The van der Waals surface area contributed by atoms with Crippen molar-refractivity contribution in [1.82, 2.24) is 4.90 Å². The molecule has 3 rings (SSSR count). The van der Waals surface area contributed by atoms with Crippen LogP contribution in [0, 0.1) is 17.9 Å². The molecule has 1 saturated carbocycles. The molecule has 3 nitrogen and oxygen atoms in total. The van der Waals surface area contributed by atoms with Gasteiger partial charge in [0.2, 0.25) is 0 Å². The van der Waals surface area contributed by atoms with Gasteiger partial charge in [-0.05, 0) is 49.9 Å². The first-order valence-electron chi connectivity index (χ1n) is 8.92. The van der Waals surface area contributed by atoms with E-state index in [1.54, 1.807) is 24.3 Å². The van der Waals surface area contributed by atoms with Crippen molar-refractivity contribution >= 4 is 11.6 Å². The lowest BCUT2D eigenvalue weighted by molar-refractivity contribution is 0.0399. The molecule has 2 fully saturated rings. The molecule has 1 aromatic carbocycles. The molecule has 1 amide bonds. The number of hydrogen-bond acceptors (Lipinski definition) is 1. The van der Waals surface area contributed by atoms with Crippen LogP contribution in [0.5, 0.6) is 0 Å². The average Bonchev–Trinajstić information content (AvgIpc) is 2.63. The van der Waals surface area contributed by atoms with E-state index in [0.29, 0.717) is 16.7 Å². The topological polar surface area (TPSA) is 24.7 Å². The summed E-state index contributed by atoms with van der Waals surface area (Å²) < 4.78 is 0. The number of carbonyl (C=O) groups is 1. The van der Waals surface area contributed by atoms with Gasteiger partial charge >= 0.3 is 0 Å². The summed E-state index contributed by atoms with van der Waals surface area (Å²) >= 11 is 0. The molecule has 1 saturated heterocycles. The Morgan fingerprint density at radius 1 is 1.17 bits per heavy atom. The monoisotopic (exact) mass is 310 g/mol. The lowest BCUT2D eigenvalue weighted by Crippen LogP contribution is -2.44. The average molecular weight is 310 g/mol. The Labute approximate surface area is 139 Å². The number of rotatable bonds is 2. The van der Waals surface area contributed by atoms with E-state index in [4.69, 9.17) is 6.57 Å². The molecular weight excluding hydrogens is 284 g/mol. The highest BCUT2D eigenvalue weighted by Gasteiger charge is 2.38. The van der Waals surface area contributed by atoms with Gasteiger partial charge in [-0.1, -0.05) is 37.6 Å². The molecule has 1 aromatic rings. The molecule has 0 N–H and O–H groups in total. The van der Waals surface area contributed by atoms with Crippen molar-refractivity contribution in [3.05, 3.63) is 41.2 Å². The highest BCUT2D eigenvalue weighted by atomic mass is 16.2. The standard InChI is InChI=1S/C20H26N2O/c1-3-16-8-10-20(11-9-16)12-14-22(15-13-20)19(23)17-4-6-18(21-2)7-5-17/h4-7,16H,3,8-15H2,1H3. The zero-order valence-corrected chi connectivity index (χ0v) is 14.1. The first-order valence-corrected chi connectivity index (χ1v) is 8.92. The first kappa shape index (κ1) is 16.1. The summed E-state index contributed by atoms with van der Waals surface area (Å²) in [6.07, 6.45) is 9.11. The molecule has 122 valence electrons. The van der Waals surface area contributed by atoms with Gasteiger partial charge in [0.15, 0.2) is 5.69 Å². The summed E-state index contributed by atoms with van der Waals surface area (Å²) in [5.74, 6) is 1.06. The minimum atomic E-state index is 0.124. The molecule has 1 aliphatic carbocycles. The van der Waals surface area contributed by atoms with Crippen LogP contribution in [0.3, 0.4) is 0 Å². The molecule has 1 spiro atoms. The Morgan fingerprint density at radius 3 is 2.30 bits per heavy atom. The van der Waals surface area contributed by atoms with Crippen molar-refractivity contribution in [3.63, 3.8) is 0 Å². The van der Waals surface area contributed by atoms with Gasteiger partial charge in [0.1, 0.15) is 0 Å². The molecule has 1 aliphatic heterocycles. The number of piperidine rings is 1. The summed E-state index contributed by atoms with van der Waals surface area (Å²) in [5, 5.41) is 0. The number of hydrogen-bond donors (Lipinski definition) is 0. The molecule has 3 heteroatoms. The van der Waals surface area contributed by atoms with Gasteiger partial charge in [-0.2, -0.15) is 0 Å². The summed E-state index contributed by atoms with van der Waals surface area (Å²) in [6.45, 7) is 11.1. The van der Waals surface area contributed by atoms with E-state index < -0.39 is 0 Å². The second-order valence-electron chi connectivity index (χ2n) is 7.30. The molecular formula is C20H26N2O. The second kappa shape index (κ2) is 6.74. The van der Waals surface area contributed by atoms with Crippen molar-refractivity contribution in [2.45, 2.75) is 51.9 Å². The highest BCUT2D eigenvalue weighted by molar-refractivity contribution is 5.94. The minimum Gasteiger partial charge on any atom is -0.339 e. The molecule has 1 heterocycles. The molecule has 0 aromatic heterocycles. The van der Waals surface area contributed by atoms with Crippen LogP contribution in [0.25, 0.3) is 4.85 Å². The molecule has 0 unspecified atom stereocenters. The predicted octanol–water partition coefficient (Wildman–Crippen LogP) is 5.06. The largest absolute Gasteiger partial charge is 0.339 e. The van der Waals surface area contributed by atoms with Crippen LogP contribution in [-0.2, 0) is 0 Å². The van der Waals surface area contributed by atoms with Crippen LogP contribution in [0.1, 0.15) is 62.2 Å². The normalized spacial score (nSPS) is 21.1. The van der Waals surface area contributed by atoms with Crippen LogP contribution >= 0.6 is 0 Å². The zero-order valence-electron chi connectivity index (χ0n) is 14.1. The van der Waals surface area contributed by atoms with Crippen LogP contribution in [0.15, 0.2) is 24.3 Å². The quantitative estimate of drug-likeness (QED) is 0.701. The van der Waals surface area contributed by atoms with Crippen LogP contribution in [-0.4, -0.2) is 23.9 Å². The summed E-state index contributed by atoms with van der Waals surface area (Å²) in [4.78, 5) is 18.0. The fraction of sp³-hybridized carbons (Fsp3) is 0.600. The van der Waals surface area contributed by atoms with Crippen molar-refractivity contribution < 1.29 is 4.79 Å². The van der Waals surface area contributed by atoms with E-state index in [1.165, 1.54) is 32.1 Å². The maximum atomic E-state index is 12.6. The van der Waals surface area contributed by atoms with Gasteiger partial charge in [-0.25, -0.2) is 4.85 Å². The summed E-state index contributed by atoms with van der Waals surface area (Å²) in [7, 11) is 0. The Kier molecular flexibility index (Phi) is 4.71. The number of benzene rings is 1. The minimum absolute atomic E-state index is 0.124. The van der Waals surface area contributed by atoms with Crippen molar-refractivity contribution in [3.8, 4) is 0 Å². The van der Waals surface area contributed by atoms with Gasteiger partial charge in [0, 0.05) is 18.7 Å². The number of likely N-dealkylation sites (tertiary alicyclic amines) is 1. The van der Waals surface area contributed by atoms with E-state index in [1.807, 2.05) is 4.90 Å². The van der Waals surface area contributed by atoms with Crippen molar-refractivity contribution in [2.24, 2.45) is 11.3 Å². The molecule has 0 atom stereocenters. The number of amides is 1. The SMILES string of the molecule is [C-]#[N+]c1ccc(C(=O)N2CCC3(CCC(CC)CC3)CC2)cc1. The van der Waals surface area contributed by atoms with Gasteiger partial charge in [-0.15, -0.1) is 0 Å². The van der Waals surface area contributed by atoms with E-state index in [9.17, 15) is 4.79 Å². The lowest BCUT2D eigenvalue weighted by atomic mass is 9.65. The van der Waals surface area contributed by atoms with E-state index >= 15 is 0 Å². The first-order chi connectivity index (χ1) is 11.2. The molecule has 23 heavy (non-hydrogen) atoms. The third-order valence-electron chi connectivity index (χ3n) is 6.10. The fourth-order valence-corrected chi connectivity index (χ4v) is 4.24. The molecule has 2 aliphatic rings. The Bertz CT molecular complexity index is 581. The van der Waals surface area contributed by atoms with Crippen LogP contribution < -0.4 is 0 Å². The zero-order chi connectivity index (χ0) is 16.3. The van der Waals surface area contributed by atoms with E-state index in [2.05, 4.69) is 11.8 Å². The van der Waals surface area contributed by atoms with E-state index in [0.717, 1.165) is 31.8 Å². The smallest absolute Gasteiger partial charge is 0.253 e. The fourth-order valence-electron chi connectivity index (χ4n) is 4.24. The van der Waals surface area contributed by atoms with Gasteiger partial charge in [0.25, 0.3) is 5.91 Å². The predicted molar refractivity (Wildman–Crippen MR) is 92.5 cm³/mol. The Hall–Kier alpha value is -1.82. The highest BCUT2D eigenvalue weighted by Crippen LogP contribution is 2.47. The summed E-state index contributed by atoms with van der Waals surface area (Å²) in [5.41, 5.74) is 1.81. The van der Waals surface area contributed by atoms with Crippen molar-refractivity contribution in [1.29, 1.82) is 0 Å². The van der Waals surface area contributed by atoms with E-state index in [-0.39, 0.29) is 5.91 Å². The third kappa shape index (κ3) is 3.42. The summed E-state index contributed by atoms with van der Waals surface area (Å²) in [6, 6.07) is 7.04. The van der Waals surface area contributed by atoms with Gasteiger partial charge in [-0.3, -0.25) is 4.79 Å². The van der Waals surface area contributed by atoms with Crippen LogP contribution in [0.4, 0.5) is 5.69 Å². The van der Waals surface area contributed by atoms with Crippen molar-refractivity contribution in [2.75, 3.05) is 13.1 Å². The van der Waals surface area contributed by atoms with Crippen LogP contribution in [0.2, 0.25) is 0 Å².